The van der Waals surface area contributed by atoms with Crippen molar-refractivity contribution in [1.82, 2.24) is 10.2 Å². The molecule has 0 radical (unpaired) electrons. The summed E-state index contributed by atoms with van der Waals surface area (Å²) in [4.78, 5) is 37.0. The van der Waals surface area contributed by atoms with E-state index < -0.39 is 0 Å². The molecule has 2 aliphatic heterocycles. The number of nitrogens with one attached hydrogen (secondary N) is 2. The van der Waals surface area contributed by atoms with Crippen molar-refractivity contribution in [2.45, 2.75) is 32.6 Å². The minimum Gasteiger partial charge on any atom is -0.356 e. The Labute approximate surface area is 141 Å². The highest BCUT2D eigenvalue weighted by atomic mass is 16.2. The molecule has 0 bridgehead atoms. The van der Waals surface area contributed by atoms with Crippen molar-refractivity contribution in [3.8, 4) is 0 Å². The van der Waals surface area contributed by atoms with Gasteiger partial charge in [0.2, 0.25) is 11.8 Å². The molecule has 2 heterocycles. The van der Waals surface area contributed by atoms with Crippen molar-refractivity contribution < 1.29 is 14.4 Å². The number of piperidine rings is 1. The first-order valence-electron chi connectivity index (χ1n) is 8.49. The second kappa shape index (κ2) is 7.03. The third-order valence-electron chi connectivity index (χ3n) is 4.79. The van der Waals surface area contributed by atoms with Gasteiger partial charge in [-0.1, -0.05) is 0 Å². The number of carbonyl (C=O) groups excluding carboxylic acids is 3. The first-order chi connectivity index (χ1) is 11.5. The van der Waals surface area contributed by atoms with Gasteiger partial charge in [0.1, 0.15) is 0 Å². The average Bonchev–Trinajstić information content (AvgIpc) is 2.59. The summed E-state index contributed by atoms with van der Waals surface area (Å²) in [5.41, 5.74) is 2.53. The Balaban J connectivity index is 1.59. The number of rotatable bonds is 3. The minimum absolute atomic E-state index is 0.00495. The second-order valence-electron chi connectivity index (χ2n) is 6.59. The lowest BCUT2D eigenvalue weighted by Gasteiger charge is -2.32. The van der Waals surface area contributed by atoms with E-state index in [1.165, 1.54) is 6.92 Å². The third kappa shape index (κ3) is 3.75. The molecule has 1 aromatic rings. The molecule has 128 valence electrons. The summed E-state index contributed by atoms with van der Waals surface area (Å²) in [7, 11) is 0. The smallest absolute Gasteiger partial charge is 0.253 e. The third-order valence-corrected chi connectivity index (χ3v) is 4.79. The Hall–Kier alpha value is -2.37. The molecule has 3 rings (SSSR count). The van der Waals surface area contributed by atoms with Crippen LogP contribution in [0, 0.1) is 5.92 Å². The molecule has 0 unspecified atom stereocenters. The van der Waals surface area contributed by atoms with E-state index in [1.807, 2.05) is 17.0 Å². The largest absolute Gasteiger partial charge is 0.356 e. The van der Waals surface area contributed by atoms with E-state index in [0.29, 0.717) is 30.9 Å². The van der Waals surface area contributed by atoms with Crippen LogP contribution in [0.4, 0.5) is 5.69 Å². The number of aryl methyl sites for hydroxylation is 1. The van der Waals surface area contributed by atoms with Crippen molar-refractivity contribution in [2.75, 3.05) is 25.0 Å². The lowest BCUT2D eigenvalue weighted by atomic mass is 9.95. The minimum atomic E-state index is -0.00495. The number of benzene rings is 1. The van der Waals surface area contributed by atoms with E-state index in [-0.39, 0.29) is 17.7 Å². The number of fused-ring (bicyclic) bond motifs is 1. The standard InChI is InChI=1S/C18H23N3O3/c1-12(22)19-11-13-6-8-21(9-7-13)18(24)15-2-4-16-14(10-15)3-5-17(23)20-16/h2,4,10,13H,3,5-9,11H2,1H3,(H,19,22)(H,20,23). The lowest BCUT2D eigenvalue weighted by Crippen LogP contribution is -2.41. The van der Waals surface area contributed by atoms with Crippen LogP contribution in [-0.4, -0.2) is 42.3 Å². The fraction of sp³-hybridized carbons (Fsp3) is 0.500. The maximum atomic E-state index is 12.7. The van der Waals surface area contributed by atoms with E-state index in [9.17, 15) is 14.4 Å². The monoisotopic (exact) mass is 329 g/mol. The Morgan fingerprint density at radius 3 is 2.71 bits per heavy atom. The predicted molar refractivity (Wildman–Crippen MR) is 90.7 cm³/mol. The van der Waals surface area contributed by atoms with Gasteiger partial charge >= 0.3 is 0 Å². The van der Waals surface area contributed by atoms with Gasteiger partial charge in [0.05, 0.1) is 0 Å². The van der Waals surface area contributed by atoms with Crippen LogP contribution in [0.1, 0.15) is 42.1 Å². The molecule has 3 amide bonds. The summed E-state index contributed by atoms with van der Waals surface area (Å²) in [5.74, 6) is 0.516. The average molecular weight is 329 g/mol. The number of hydrogen-bond donors (Lipinski definition) is 2. The maximum absolute atomic E-state index is 12.7. The number of hydrogen-bond acceptors (Lipinski definition) is 3. The van der Waals surface area contributed by atoms with Crippen LogP contribution < -0.4 is 10.6 Å². The molecule has 24 heavy (non-hydrogen) atoms. The Bertz CT molecular complexity index is 663. The second-order valence-corrected chi connectivity index (χ2v) is 6.59. The highest BCUT2D eigenvalue weighted by molar-refractivity contribution is 5.98. The van der Waals surface area contributed by atoms with Crippen molar-refractivity contribution in [2.24, 2.45) is 5.92 Å². The van der Waals surface area contributed by atoms with Crippen LogP contribution in [0.5, 0.6) is 0 Å². The summed E-state index contributed by atoms with van der Waals surface area (Å²) in [6.45, 7) is 3.65. The number of likely N-dealkylation sites (tertiary alicyclic amines) is 1. The molecule has 0 saturated carbocycles. The van der Waals surface area contributed by atoms with E-state index in [2.05, 4.69) is 10.6 Å². The summed E-state index contributed by atoms with van der Waals surface area (Å²) in [5, 5.41) is 5.69. The fourth-order valence-corrected chi connectivity index (χ4v) is 3.33. The zero-order valence-corrected chi connectivity index (χ0v) is 13.9. The lowest BCUT2D eigenvalue weighted by molar-refractivity contribution is -0.119. The van der Waals surface area contributed by atoms with Gasteiger partial charge in [0.25, 0.3) is 5.91 Å². The number of carbonyl (C=O) groups is 3. The van der Waals surface area contributed by atoms with Crippen LogP contribution in [0.3, 0.4) is 0 Å². The van der Waals surface area contributed by atoms with Crippen molar-refractivity contribution >= 4 is 23.4 Å². The highest BCUT2D eigenvalue weighted by Crippen LogP contribution is 2.25. The van der Waals surface area contributed by atoms with Crippen molar-refractivity contribution in [1.29, 1.82) is 0 Å². The molecule has 2 aliphatic rings. The summed E-state index contributed by atoms with van der Waals surface area (Å²) in [6.07, 6.45) is 2.97. The van der Waals surface area contributed by atoms with Crippen LogP contribution in [0.25, 0.3) is 0 Å². The summed E-state index contributed by atoms with van der Waals surface area (Å²) in [6, 6.07) is 5.51. The zero-order chi connectivity index (χ0) is 17.1. The molecular formula is C18H23N3O3. The van der Waals surface area contributed by atoms with Gasteiger partial charge < -0.3 is 15.5 Å². The van der Waals surface area contributed by atoms with E-state index in [0.717, 1.165) is 37.2 Å². The van der Waals surface area contributed by atoms with Gasteiger partial charge in [0, 0.05) is 44.2 Å². The molecule has 2 N–H and O–H groups in total. The molecule has 6 heteroatoms. The van der Waals surface area contributed by atoms with Gasteiger partial charge in [-0.25, -0.2) is 0 Å². The molecule has 1 aromatic carbocycles. The fourth-order valence-electron chi connectivity index (χ4n) is 3.33. The van der Waals surface area contributed by atoms with Crippen LogP contribution in [-0.2, 0) is 16.0 Å². The van der Waals surface area contributed by atoms with Crippen LogP contribution in [0.2, 0.25) is 0 Å². The van der Waals surface area contributed by atoms with Crippen LogP contribution >= 0.6 is 0 Å². The SMILES string of the molecule is CC(=O)NCC1CCN(C(=O)c2ccc3c(c2)CCC(=O)N3)CC1. The van der Waals surface area contributed by atoms with E-state index in [4.69, 9.17) is 0 Å². The number of anilines is 1. The first kappa shape index (κ1) is 16.5. The molecule has 0 spiro atoms. The first-order valence-corrected chi connectivity index (χ1v) is 8.49. The van der Waals surface area contributed by atoms with Crippen molar-refractivity contribution in [3.05, 3.63) is 29.3 Å². The zero-order valence-electron chi connectivity index (χ0n) is 13.9. The normalized spacial score (nSPS) is 17.9. The highest BCUT2D eigenvalue weighted by Gasteiger charge is 2.25. The quantitative estimate of drug-likeness (QED) is 0.883. The molecule has 1 saturated heterocycles. The number of nitrogens with zero attached hydrogens (tertiary/aromatic N) is 1. The van der Waals surface area contributed by atoms with E-state index in [1.54, 1.807) is 6.07 Å². The Morgan fingerprint density at radius 1 is 1.25 bits per heavy atom. The topological polar surface area (TPSA) is 78.5 Å². The van der Waals surface area contributed by atoms with Gasteiger partial charge in [-0.2, -0.15) is 0 Å². The maximum Gasteiger partial charge on any atom is 0.253 e. The Kier molecular flexibility index (Phi) is 4.83. The molecule has 0 aromatic heterocycles. The molecule has 0 atom stereocenters. The summed E-state index contributed by atoms with van der Waals surface area (Å²) < 4.78 is 0. The van der Waals surface area contributed by atoms with Gasteiger partial charge in [0.15, 0.2) is 0 Å². The molecular weight excluding hydrogens is 306 g/mol. The van der Waals surface area contributed by atoms with Crippen molar-refractivity contribution in [3.63, 3.8) is 0 Å². The molecule has 6 nitrogen and oxygen atoms in total. The van der Waals surface area contributed by atoms with Gasteiger partial charge in [-0.15, -0.1) is 0 Å². The summed E-state index contributed by atoms with van der Waals surface area (Å²) >= 11 is 0. The Morgan fingerprint density at radius 2 is 2.00 bits per heavy atom. The van der Waals surface area contributed by atoms with Crippen LogP contribution in [0.15, 0.2) is 18.2 Å². The number of amides is 3. The predicted octanol–water partition coefficient (Wildman–Crippen LogP) is 1.56. The van der Waals surface area contributed by atoms with E-state index >= 15 is 0 Å². The van der Waals surface area contributed by atoms with Gasteiger partial charge in [-0.3, -0.25) is 14.4 Å². The molecule has 0 aliphatic carbocycles. The molecule has 1 fully saturated rings. The van der Waals surface area contributed by atoms with Gasteiger partial charge in [-0.05, 0) is 48.9 Å².